The van der Waals surface area contributed by atoms with Crippen molar-refractivity contribution in [3.63, 3.8) is 0 Å². The summed E-state index contributed by atoms with van der Waals surface area (Å²) in [5.41, 5.74) is 5.58. The van der Waals surface area contributed by atoms with E-state index < -0.39 is 0 Å². The Hall–Kier alpha value is -7.79. The van der Waals surface area contributed by atoms with Gasteiger partial charge in [-0.3, -0.25) is 4.79 Å². The smallest absolute Gasteiger partial charge is 0.225 e. The number of thiazole rings is 1. The van der Waals surface area contributed by atoms with E-state index in [9.17, 15) is 9.18 Å². The van der Waals surface area contributed by atoms with Crippen LogP contribution in [0, 0.1) is 48.3 Å². The Kier molecular flexibility index (Phi) is 15.9. The Morgan fingerprint density at radius 3 is 2.10 bits per heavy atom. The fraction of sp³-hybridized carbons (Fsp3) is 0.149. The van der Waals surface area contributed by atoms with Gasteiger partial charge in [-0.05, 0) is 90.6 Å². The van der Waals surface area contributed by atoms with Crippen molar-refractivity contribution in [2.75, 3.05) is 5.32 Å². The second-order valence-electron chi connectivity index (χ2n) is 12.5. The van der Waals surface area contributed by atoms with Crippen LogP contribution in [0.25, 0.3) is 22.5 Å². The molecule has 0 unspecified atom stereocenters. The number of pyridine rings is 2. The van der Waals surface area contributed by atoms with E-state index in [0.717, 1.165) is 51.8 Å². The van der Waals surface area contributed by atoms with Gasteiger partial charge in [-0.1, -0.05) is 72.4 Å². The molecule has 13 heteroatoms. The first kappa shape index (κ1) is 41.8. The van der Waals surface area contributed by atoms with Gasteiger partial charge >= 0.3 is 0 Å². The summed E-state index contributed by atoms with van der Waals surface area (Å²) in [5, 5.41) is 18.1. The molecule has 0 atom stereocenters. The molecular weight excluding hydrogens is 774 g/mol. The Labute approximate surface area is 351 Å². The Balaban J connectivity index is 0.000000151. The van der Waals surface area contributed by atoms with Gasteiger partial charge < -0.3 is 9.73 Å². The summed E-state index contributed by atoms with van der Waals surface area (Å²) in [4.78, 5) is 30.1. The van der Waals surface area contributed by atoms with Crippen molar-refractivity contribution in [2.45, 2.75) is 45.6 Å². The van der Waals surface area contributed by atoms with Crippen molar-refractivity contribution in [1.29, 1.82) is 0 Å². The van der Waals surface area contributed by atoms with Gasteiger partial charge in [0, 0.05) is 61.1 Å². The zero-order chi connectivity index (χ0) is 41.6. The van der Waals surface area contributed by atoms with Crippen LogP contribution < -0.4 is 5.32 Å². The number of oxazole rings is 1. The molecular formula is C47H38FN9O2S. The lowest BCUT2D eigenvalue weighted by Gasteiger charge is -2.02. The number of amides is 1. The standard InChI is InChI=1S/C16H13FN2O.C16H13N5.C15H12N2OS/c17-13-8-10-15(11-9-13)19-16(20)7-2-1-5-14-6-3-4-12-18-14;1-2-8-14(9-3-1)16-18-20-21(19-16)13-7-5-11-15-10-4-6-12-17-15;1-11-16-12(10-19-11)6-2-5-9-15-17-13-7-3-4-8-14(13)18-15/h3-4,6,8-12H,2,7H2,(H,19,20);1-4,6,8-10,12H,7,13H2;3-4,7-8,10H,5,9H2,1H3. The molecule has 0 saturated carbocycles. The van der Waals surface area contributed by atoms with Gasteiger partial charge in [-0.2, -0.15) is 4.80 Å². The van der Waals surface area contributed by atoms with Gasteiger partial charge in [0.2, 0.25) is 11.7 Å². The third kappa shape index (κ3) is 14.3. The predicted molar refractivity (Wildman–Crippen MR) is 230 cm³/mol. The van der Waals surface area contributed by atoms with Crippen molar-refractivity contribution in [2.24, 2.45) is 0 Å². The number of nitrogens with zero attached hydrogens (tertiary/aromatic N) is 8. The minimum Gasteiger partial charge on any atom is -0.441 e. The number of halogens is 1. The molecule has 1 N–H and O–H groups in total. The monoisotopic (exact) mass is 811 g/mol. The number of carbonyl (C=O) groups excluding carboxylic acids is 1. The summed E-state index contributed by atoms with van der Waals surface area (Å²) in [7, 11) is 0. The second-order valence-corrected chi connectivity index (χ2v) is 13.6. The van der Waals surface area contributed by atoms with E-state index in [2.05, 4.69) is 76.2 Å². The summed E-state index contributed by atoms with van der Waals surface area (Å²) in [5.74, 6) is 18.9. The second kappa shape index (κ2) is 22.8. The van der Waals surface area contributed by atoms with Gasteiger partial charge in [0.1, 0.15) is 28.4 Å². The summed E-state index contributed by atoms with van der Waals surface area (Å²) in [6.07, 6.45) is 6.25. The number of hydrogen-bond donors (Lipinski definition) is 1. The van der Waals surface area contributed by atoms with Crippen molar-refractivity contribution in [3.8, 4) is 46.9 Å². The maximum Gasteiger partial charge on any atom is 0.225 e. The number of aryl methyl sites for hydroxylation is 3. The summed E-state index contributed by atoms with van der Waals surface area (Å²) in [6.45, 7) is 2.59. The van der Waals surface area contributed by atoms with E-state index in [1.54, 1.807) is 28.5 Å². The van der Waals surface area contributed by atoms with Crippen LogP contribution in [0.3, 0.4) is 0 Å². The van der Waals surface area contributed by atoms with Crippen LogP contribution >= 0.6 is 11.3 Å². The molecule has 3 aromatic carbocycles. The minimum atomic E-state index is -0.329. The highest BCUT2D eigenvalue weighted by molar-refractivity contribution is 7.09. The molecule has 8 rings (SSSR count). The molecule has 0 aliphatic heterocycles. The van der Waals surface area contributed by atoms with Gasteiger partial charge in [-0.25, -0.2) is 24.3 Å². The van der Waals surface area contributed by atoms with E-state index in [4.69, 9.17) is 4.42 Å². The molecule has 0 radical (unpaired) electrons. The quantitative estimate of drug-likeness (QED) is 0.149. The molecule has 0 spiro atoms. The molecule has 60 heavy (non-hydrogen) atoms. The van der Waals surface area contributed by atoms with Crippen LogP contribution in [-0.4, -0.2) is 46.1 Å². The lowest BCUT2D eigenvalue weighted by molar-refractivity contribution is -0.116. The number of carbonyl (C=O) groups is 1. The first-order valence-corrected chi connectivity index (χ1v) is 19.8. The SMILES string of the molecule is C(#Cc1ccccn1)CCn1nnc(-c2ccccc2)n1.Cc1nc(C#CCCc2nc3ccccc3o2)cs1.O=C(CCC#Cc1ccccn1)Nc1ccc(F)cc1. The number of para-hydroxylation sites is 2. The van der Waals surface area contributed by atoms with E-state index in [1.165, 1.54) is 24.3 Å². The van der Waals surface area contributed by atoms with E-state index in [0.29, 0.717) is 36.6 Å². The third-order valence-corrected chi connectivity index (χ3v) is 8.70. The van der Waals surface area contributed by atoms with Crippen LogP contribution in [0.4, 0.5) is 10.1 Å². The number of tetrazole rings is 1. The topological polar surface area (TPSA) is 137 Å². The van der Waals surface area contributed by atoms with Gasteiger partial charge in [-0.15, -0.1) is 21.5 Å². The number of anilines is 1. The summed E-state index contributed by atoms with van der Waals surface area (Å²) in [6, 6.07) is 34.4. The fourth-order valence-electron chi connectivity index (χ4n) is 5.08. The molecule has 296 valence electrons. The van der Waals surface area contributed by atoms with E-state index in [1.807, 2.05) is 103 Å². The van der Waals surface area contributed by atoms with Crippen molar-refractivity contribution < 1.29 is 13.6 Å². The normalized spacial score (nSPS) is 9.90. The van der Waals surface area contributed by atoms with Crippen LogP contribution in [-0.2, 0) is 17.8 Å². The first-order valence-electron chi connectivity index (χ1n) is 18.9. The zero-order valence-corrected chi connectivity index (χ0v) is 33.4. The minimum absolute atomic E-state index is 0.146. The lowest BCUT2D eigenvalue weighted by atomic mass is 10.2. The maximum absolute atomic E-state index is 12.7. The van der Waals surface area contributed by atoms with Crippen molar-refractivity contribution >= 4 is 34.0 Å². The molecule has 5 heterocycles. The van der Waals surface area contributed by atoms with Crippen molar-refractivity contribution in [3.05, 3.63) is 167 Å². The molecule has 8 aromatic rings. The highest BCUT2D eigenvalue weighted by Crippen LogP contribution is 2.16. The Morgan fingerprint density at radius 1 is 0.750 bits per heavy atom. The molecule has 0 aliphatic carbocycles. The first-order chi connectivity index (χ1) is 29.5. The van der Waals surface area contributed by atoms with Crippen LogP contribution in [0.2, 0.25) is 0 Å². The number of hydrogen-bond acceptors (Lipinski definition) is 10. The Bertz CT molecular complexity index is 2720. The highest BCUT2D eigenvalue weighted by atomic mass is 32.1. The fourth-order valence-corrected chi connectivity index (χ4v) is 5.62. The Morgan fingerprint density at radius 2 is 1.42 bits per heavy atom. The average molecular weight is 812 g/mol. The zero-order valence-electron chi connectivity index (χ0n) is 32.6. The molecule has 0 bridgehead atoms. The van der Waals surface area contributed by atoms with E-state index >= 15 is 0 Å². The van der Waals surface area contributed by atoms with E-state index in [-0.39, 0.29) is 18.1 Å². The maximum atomic E-state index is 12.7. The average Bonchev–Trinajstić information content (AvgIpc) is 4.05. The third-order valence-electron chi connectivity index (χ3n) is 7.93. The highest BCUT2D eigenvalue weighted by Gasteiger charge is 2.05. The molecule has 5 aromatic heterocycles. The number of aromatic nitrogens is 8. The summed E-state index contributed by atoms with van der Waals surface area (Å²) < 4.78 is 18.3. The largest absolute Gasteiger partial charge is 0.441 e. The summed E-state index contributed by atoms with van der Waals surface area (Å²) >= 11 is 1.62. The molecule has 0 aliphatic rings. The number of nitrogens with one attached hydrogen (secondary N) is 1. The van der Waals surface area contributed by atoms with Gasteiger partial charge in [0.05, 0.1) is 11.6 Å². The lowest BCUT2D eigenvalue weighted by Crippen LogP contribution is -2.10. The molecule has 1 amide bonds. The van der Waals surface area contributed by atoms with Gasteiger partial charge in [0.15, 0.2) is 11.5 Å². The number of benzene rings is 3. The van der Waals surface area contributed by atoms with Crippen molar-refractivity contribution in [1.82, 2.24) is 40.1 Å². The molecule has 0 fully saturated rings. The molecule has 0 saturated heterocycles. The predicted octanol–water partition coefficient (Wildman–Crippen LogP) is 8.75. The number of rotatable bonds is 8. The van der Waals surface area contributed by atoms with Gasteiger partial charge in [0.25, 0.3) is 0 Å². The van der Waals surface area contributed by atoms with Crippen LogP contribution in [0.1, 0.15) is 53.7 Å². The number of fused-ring (bicyclic) bond motifs is 1. The molecule has 11 nitrogen and oxygen atoms in total. The van der Waals surface area contributed by atoms with Crippen LogP contribution in [0.5, 0.6) is 0 Å². The van der Waals surface area contributed by atoms with Crippen LogP contribution in [0.15, 0.2) is 137 Å².